The van der Waals surface area contributed by atoms with Gasteiger partial charge in [-0.3, -0.25) is 0 Å². The molecule has 0 spiro atoms. The van der Waals surface area contributed by atoms with Crippen LogP contribution in [0.25, 0.3) is 105 Å². The van der Waals surface area contributed by atoms with Gasteiger partial charge in [0.1, 0.15) is 0 Å². The number of fused-ring (bicyclic) bond motifs is 9. The molecule has 0 saturated heterocycles. The second-order valence-corrected chi connectivity index (χ2v) is 14.9. The van der Waals surface area contributed by atoms with E-state index in [0.29, 0.717) is 0 Å². The van der Waals surface area contributed by atoms with Crippen LogP contribution in [-0.2, 0) is 0 Å². The highest BCUT2D eigenvalue weighted by Gasteiger charge is 2.21. The average Bonchev–Trinajstić information content (AvgIpc) is 3.92. The zero-order valence-corrected chi connectivity index (χ0v) is 31.0. The Labute approximate surface area is 329 Å². The molecular formula is C54H35N3. The fourth-order valence-corrected chi connectivity index (χ4v) is 9.36. The molecule has 0 radical (unpaired) electrons. The summed E-state index contributed by atoms with van der Waals surface area (Å²) in [6.45, 7) is 0. The minimum atomic E-state index is 1.13. The van der Waals surface area contributed by atoms with Gasteiger partial charge in [-0.15, -0.1) is 0 Å². The molecule has 0 aliphatic rings. The second kappa shape index (κ2) is 12.5. The molecule has 9 aromatic carbocycles. The number of hydrogen-bond acceptors (Lipinski definition) is 0. The van der Waals surface area contributed by atoms with E-state index in [1.54, 1.807) is 0 Å². The molecule has 0 saturated carbocycles. The van der Waals surface area contributed by atoms with Crippen LogP contribution in [0, 0.1) is 0 Å². The first-order valence-corrected chi connectivity index (χ1v) is 19.6. The van der Waals surface area contributed by atoms with Gasteiger partial charge in [0, 0.05) is 43.7 Å². The van der Waals surface area contributed by atoms with Crippen molar-refractivity contribution in [2.45, 2.75) is 0 Å². The smallest absolute Gasteiger partial charge is 0.0562 e. The predicted molar refractivity (Wildman–Crippen MR) is 240 cm³/mol. The Balaban J connectivity index is 1.08. The molecule has 3 aromatic heterocycles. The lowest BCUT2D eigenvalue weighted by molar-refractivity contribution is 1.15. The summed E-state index contributed by atoms with van der Waals surface area (Å²) in [5.74, 6) is 0. The lowest BCUT2D eigenvalue weighted by atomic mass is 9.99. The van der Waals surface area contributed by atoms with Crippen LogP contribution in [-0.4, -0.2) is 13.7 Å². The third kappa shape index (κ3) is 4.79. The highest BCUT2D eigenvalue weighted by molar-refractivity contribution is 6.17. The summed E-state index contributed by atoms with van der Waals surface area (Å²) >= 11 is 0. The van der Waals surface area contributed by atoms with Gasteiger partial charge >= 0.3 is 0 Å². The van der Waals surface area contributed by atoms with Crippen LogP contribution in [0.3, 0.4) is 0 Å². The van der Waals surface area contributed by atoms with Crippen molar-refractivity contribution >= 4 is 65.4 Å². The molecule has 0 amide bonds. The second-order valence-electron chi connectivity index (χ2n) is 14.9. The van der Waals surface area contributed by atoms with Crippen LogP contribution in [0.4, 0.5) is 0 Å². The standard InChI is InChI=1S/C54H35N3/c1-2-15-36(16-3-1)37-17-12-18-38(33-37)39-19-13-20-40(34-39)56-47-25-8-4-23-44(47)45-32-31-41(35-53(45)56)55-50-28-11-7-24-46(50)54-51(55)29-14-30-52(54)57-48-26-9-5-21-42(48)43-22-6-10-27-49(43)57/h1-35H. The molecule has 0 aliphatic carbocycles. The number of aromatic nitrogens is 3. The summed E-state index contributed by atoms with van der Waals surface area (Å²) in [4.78, 5) is 0. The normalized spacial score (nSPS) is 11.9. The number of rotatable bonds is 5. The highest BCUT2D eigenvalue weighted by Crippen LogP contribution is 2.41. The first-order chi connectivity index (χ1) is 28.3. The SMILES string of the molecule is c1ccc(-c2cccc(-c3cccc(-n4c5ccccc5c5ccc(-n6c7ccccc7c7c(-n8c9ccccc9c9ccccc98)cccc76)cc54)c3)c2)cc1. The van der Waals surface area contributed by atoms with E-state index < -0.39 is 0 Å². The van der Waals surface area contributed by atoms with E-state index >= 15 is 0 Å². The summed E-state index contributed by atoms with van der Waals surface area (Å²) in [6, 6.07) is 77.4. The maximum Gasteiger partial charge on any atom is 0.0562 e. The quantitative estimate of drug-likeness (QED) is 0.168. The molecule has 0 aliphatic heterocycles. The van der Waals surface area contributed by atoms with Gasteiger partial charge in [-0.1, -0.05) is 146 Å². The molecule has 0 bridgehead atoms. The minimum absolute atomic E-state index is 1.13. The number of hydrogen-bond donors (Lipinski definition) is 0. The Kier molecular flexibility index (Phi) is 6.93. The van der Waals surface area contributed by atoms with Gasteiger partial charge in [0.15, 0.2) is 0 Å². The molecule has 266 valence electrons. The van der Waals surface area contributed by atoms with Gasteiger partial charge in [0.2, 0.25) is 0 Å². The maximum absolute atomic E-state index is 2.45. The Morgan fingerprint density at radius 1 is 0.228 bits per heavy atom. The highest BCUT2D eigenvalue weighted by atomic mass is 15.0. The van der Waals surface area contributed by atoms with E-state index in [0.717, 1.165) is 11.4 Å². The van der Waals surface area contributed by atoms with Crippen molar-refractivity contribution < 1.29 is 0 Å². The molecular weight excluding hydrogens is 691 g/mol. The third-order valence-electron chi connectivity index (χ3n) is 11.8. The summed E-state index contributed by atoms with van der Waals surface area (Å²) in [5, 5.41) is 7.48. The fourth-order valence-electron chi connectivity index (χ4n) is 9.36. The van der Waals surface area contributed by atoms with Crippen LogP contribution in [0.15, 0.2) is 212 Å². The molecule has 0 unspecified atom stereocenters. The van der Waals surface area contributed by atoms with Gasteiger partial charge in [-0.05, 0) is 89.0 Å². The average molecular weight is 726 g/mol. The molecule has 0 N–H and O–H groups in total. The number of para-hydroxylation sites is 4. The molecule has 12 aromatic rings. The molecule has 0 fully saturated rings. The molecule has 3 heteroatoms. The van der Waals surface area contributed by atoms with Crippen molar-refractivity contribution in [1.29, 1.82) is 0 Å². The largest absolute Gasteiger partial charge is 0.309 e. The zero-order valence-electron chi connectivity index (χ0n) is 31.0. The molecule has 57 heavy (non-hydrogen) atoms. The molecule has 12 rings (SSSR count). The lowest BCUT2D eigenvalue weighted by Gasteiger charge is -2.13. The first-order valence-electron chi connectivity index (χ1n) is 19.6. The van der Waals surface area contributed by atoms with Crippen LogP contribution < -0.4 is 0 Å². The van der Waals surface area contributed by atoms with Crippen molar-refractivity contribution in [3.05, 3.63) is 212 Å². The van der Waals surface area contributed by atoms with E-state index in [1.807, 2.05) is 0 Å². The van der Waals surface area contributed by atoms with Crippen LogP contribution in [0.2, 0.25) is 0 Å². The minimum Gasteiger partial charge on any atom is -0.309 e. The van der Waals surface area contributed by atoms with Crippen molar-refractivity contribution in [3.8, 4) is 39.3 Å². The van der Waals surface area contributed by atoms with E-state index in [4.69, 9.17) is 0 Å². The van der Waals surface area contributed by atoms with Gasteiger partial charge in [-0.2, -0.15) is 0 Å². The lowest BCUT2D eigenvalue weighted by Crippen LogP contribution is -1.98. The molecule has 3 nitrogen and oxygen atoms in total. The Morgan fingerprint density at radius 2 is 0.667 bits per heavy atom. The van der Waals surface area contributed by atoms with Crippen molar-refractivity contribution in [2.24, 2.45) is 0 Å². The Morgan fingerprint density at radius 3 is 1.35 bits per heavy atom. The summed E-state index contributed by atoms with van der Waals surface area (Å²) in [6.07, 6.45) is 0. The van der Waals surface area contributed by atoms with Gasteiger partial charge in [-0.25, -0.2) is 0 Å². The predicted octanol–water partition coefficient (Wildman–Crippen LogP) is 14.3. The summed E-state index contributed by atoms with van der Waals surface area (Å²) in [5.41, 5.74) is 15.4. The van der Waals surface area contributed by atoms with Crippen LogP contribution in [0.5, 0.6) is 0 Å². The Bertz CT molecular complexity index is 3470. The maximum atomic E-state index is 2.45. The van der Waals surface area contributed by atoms with E-state index in [9.17, 15) is 0 Å². The fraction of sp³-hybridized carbons (Fsp3) is 0. The van der Waals surface area contributed by atoms with E-state index in [1.165, 1.54) is 93.4 Å². The summed E-state index contributed by atoms with van der Waals surface area (Å²) in [7, 11) is 0. The van der Waals surface area contributed by atoms with Crippen molar-refractivity contribution in [3.63, 3.8) is 0 Å². The summed E-state index contributed by atoms with van der Waals surface area (Å²) < 4.78 is 7.35. The van der Waals surface area contributed by atoms with Crippen molar-refractivity contribution in [2.75, 3.05) is 0 Å². The van der Waals surface area contributed by atoms with E-state index in [2.05, 4.69) is 226 Å². The van der Waals surface area contributed by atoms with Gasteiger partial charge in [0.05, 0.1) is 38.8 Å². The Hall–Kier alpha value is -7.62. The monoisotopic (exact) mass is 725 g/mol. The third-order valence-corrected chi connectivity index (χ3v) is 11.8. The number of benzene rings is 9. The molecule has 3 heterocycles. The topological polar surface area (TPSA) is 14.8 Å². The van der Waals surface area contributed by atoms with Gasteiger partial charge in [0.25, 0.3) is 0 Å². The van der Waals surface area contributed by atoms with Crippen LogP contribution >= 0.6 is 0 Å². The zero-order chi connectivity index (χ0) is 37.5. The first kappa shape index (κ1) is 31.7. The van der Waals surface area contributed by atoms with Gasteiger partial charge < -0.3 is 13.7 Å². The van der Waals surface area contributed by atoms with Crippen molar-refractivity contribution in [1.82, 2.24) is 13.7 Å². The van der Waals surface area contributed by atoms with Crippen LogP contribution in [0.1, 0.15) is 0 Å². The molecule has 0 atom stereocenters. The van der Waals surface area contributed by atoms with E-state index in [-0.39, 0.29) is 0 Å². The number of nitrogens with zero attached hydrogens (tertiary/aromatic N) is 3.